The molecule has 0 amide bonds. The molecule has 0 saturated heterocycles. The second-order valence-corrected chi connectivity index (χ2v) is 5.06. The predicted molar refractivity (Wildman–Crippen MR) is 65.0 cm³/mol. The molecule has 0 aromatic heterocycles. The molecule has 1 aliphatic carbocycles. The van der Waals surface area contributed by atoms with Crippen LogP contribution in [0.15, 0.2) is 0 Å². The second kappa shape index (κ2) is 7.24. The Morgan fingerprint density at radius 3 is 2.47 bits per heavy atom. The van der Waals surface area contributed by atoms with Gasteiger partial charge in [-0.25, -0.2) is 0 Å². The maximum Gasteiger partial charge on any atom is 0.0587 e. The summed E-state index contributed by atoms with van der Waals surface area (Å²) in [6.07, 6.45) is 9.14. The Labute approximate surface area is 94.5 Å². The van der Waals surface area contributed by atoms with Crippen LogP contribution in [-0.2, 0) is 0 Å². The molecule has 1 saturated carbocycles. The first-order valence-corrected chi connectivity index (χ1v) is 6.64. The van der Waals surface area contributed by atoms with E-state index in [0.717, 1.165) is 0 Å². The Morgan fingerprint density at radius 1 is 1.27 bits per heavy atom. The van der Waals surface area contributed by atoms with Crippen LogP contribution in [0.25, 0.3) is 0 Å². The molecule has 0 spiro atoms. The van der Waals surface area contributed by atoms with Crippen molar-refractivity contribution in [2.24, 2.45) is 5.92 Å². The summed E-state index contributed by atoms with van der Waals surface area (Å²) in [6.45, 7) is 4.75. The Bertz CT molecular complexity index is 155. The quantitative estimate of drug-likeness (QED) is 0.711. The van der Waals surface area contributed by atoms with Gasteiger partial charge in [0.05, 0.1) is 6.61 Å². The molecule has 1 aliphatic rings. The fourth-order valence-corrected chi connectivity index (χ4v) is 2.63. The van der Waals surface area contributed by atoms with Crippen LogP contribution in [-0.4, -0.2) is 23.8 Å². The minimum atomic E-state index is 0.289. The van der Waals surface area contributed by atoms with Crippen LogP contribution in [0.3, 0.4) is 0 Å². The van der Waals surface area contributed by atoms with Crippen LogP contribution >= 0.6 is 0 Å². The number of hydrogen-bond acceptors (Lipinski definition) is 2. The molecule has 2 heteroatoms. The van der Waals surface area contributed by atoms with Crippen LogP contribution in [0.2, 0.25) is 0 Å². The van der Waals surface area contributed by atoms with Crippen LogP contribution in [0.4, 0.5) is 0 Å². The standard InChI is InChI=1S/C13H27NO/c1-3-7-11(2)13(10-15)14-12-8-5-4-6-9-12/h11-15H,3-10H2,1-2H3. The summed E-state index contributed by atoms with van der Waals surface area (Å²) >= 11 is 0. The SMILES string of the molecule is CCCC(C)C(CO)NC1CCCCC1. The predicted octanol–water partition coefficient (Wildman–Crippen LogP) is 2.71. The number of aliphatic hydroxyl groups is 1. The van der Waals surface area contributed by atoms with E-state index in [-0.39, 0.29) is 6.61 Å². The lowest BCUT2D eigenvalue weighted by Crippen LogP contribution is -2.45. The van der Waals surface area contributed by atoms with Gasteiger partial charge < -0.3 is 10.4 Å². The van der Waals surface area contributed by atoms with Gasteiger partial charge in [-0.1, -0.05) is 39.5 Å². The van der Waals surface area contributed by atoms with Crippen LogP contribution in [0, 0.1) is 5.92 Å². The Morgan fingerprint density at radius 2 is 1.93 bits per heavy atom. The van der Waals surface area contributed by atoms with E-state index < -0.39 is 0 Å². The smallest absolute Gasteiger partial charge is 0.0587 e. The maximum absolute atomic E-state index is 9.39. The minimum absolute atomic E-state index is 0.289. The molecule has 2 N–H and O–H groups in total. The van der Waals surface area contributed by atoms with Gasteiger partial charge in [-0.15, -0.1) is 0 Å². The average Bonchev–Trinajstić information content (AvgIpc) is 2.27. The molecule has 0 radical (unpaired) electrons. The Kier molecular flexibility index (Phi) is 6.26. The van der Waals surface area contributed by atoms with Crippen LogP contribution in [0.5, 0.6) is 0 Å². The molecular weight excluding hydrogens is 186 g/mol. The van der Waals surface area contributed by atoms with E-state index in [1.165, 1.54) is 44.9 Å². The first-order valence-electron chi connectivity index (χ1n) is 6.64. The van der Waals surface area contributed by atoms with Crippen LogP contribution in [0.1, 0.15) is 58.8 Å². The van der Waals surface area contributed by atoms with Gasteiger partial charge in [-0.3, -0.25) is 0 Å². The zero-order valence-corrected chi connectivity index (χ0v) is 10.3. The highest BCUT2D eigenvalue weighted by atomic mass is 16.3. The third-order valence-electron chi connectivity index (χ3n) is 3.68. The highest BCUT2D eigenvalue weighted by Crippen LogP contribution is 2.20. The number of hydrogen-bond donors (Lipinski definition) is 2. The fraction of sp³-hybridized carbons (Fsp3) is 1.00. The molecule has 0 bridgehead atoms. The largest absolute Gasteiger partial charge is 0.395 e. The van der Waals surface area contributed by atoms with Crippen molar-refractivity contribution in [1.82, 2.24) is 5.32 Å². The minimum Gasteiger partial charge on any atom is -0.395 e. The van der Waals surface area contributed by atoms with Crippen molar-refractivity contribution < 1.29 is 5.11 Å². The molecule has 1 fully saturated rings. The molecule has 2 atom stereocenters. The zero-order valence-electron chi connectivity index (χ0n) is 10.3. The summed E-state index contributed by atoms with van der Waals surface area (Å²) in [5.41, 5.74) is 0. The third-order valence-corrected chi connectivity index (χ3v) is 3.68. The first-order chi connectivity index (χ1) is 7.27. The van der Waals surface area contributed by atoms with Gasteiger partial charge in [0.1, 0.15) is 0 Å². The lowest BCUT2D eigenvalue weighted by Gasteiger charge is -2.30. The van der Waals surface area contributed by atoms with Crippen molar-refractivity contribution in [2.75, 3.05) is 6.61 Å². The van der Waals surface area contributed by atoms with E-state index in [1.807, 2.05) is 0 Å². The number of aliphatic hydroxyl groups excluding tert-OH is 1. The molecule has 1 rings (SSSR count). The van der Waals surface area contributed by atoms with Gasteiger partial charge in [-0.05, 0) is 25.2 Å². The number of rotatable bonds is 6. The third kappa shape index (κ3) is 4.52. The van der Waals surface area contributed by atoms with Crippen molar-refractivity contribution in [2.45, 2.75) is 70.9 Å². The lowest BCUT2D eigenvalue weighted by molar-refractivity contribution is 0.177. The van der Waals surface area contributed by atoms with E-state index in [4.69, 9.17) is 0 Å². The topological polar surface area (TPSA) is 32.3 Å². The molecule has 0 aliphatic heterocycles. The molecule has 2 nitrogen and oxygen atoms in total. The van der Waals surface area contributed by atoms with Gasteiger partial charge in [-0.2, -0.15) is 0 Å². The monoisotopic (exact) mass is 213 g/mol. The summed E-state index contributed by atoms with van der Waals surface area (Å²) in [6, 6.07) is 0.975. The van der Waals surface area contributed by atoms with E-state index >= 15 is 0 Å². The van der Waals surface area contributed by atoms with Crippen molar-refractivity contribution in [3.8, 4) is 0 Å². The van der Waals surface area contributed by atoms with Gasteiger partial charge in [0.15, 0.2) is 0 Å². The van der Waals surface area contributed by atoms with Gasteiger partial charge in [0.25, 0.3) is 0 Å². The van der Waals surface area contributed by atoms with Gasteiger partial charge >= 0.3 is 0 Å². The molecule has 15 heavy (non-hydrogen) atoms. The van der Waals surface area contributed by atoms with E-state index in [9.17, 15) is 5.11 Å². The second-order valence-electron chi connectivity index (χ2n) is 5.06. The van der Waals surface area contributed by atoms with Crippen molar-refractivity contribution in [3.63, 3.8) is 0 Å². The van der Waals surface area contributed by atoms with E-state index in [2.05, 4.69) is 19.2 Å². The van der Waals surface area contributed by atoms with Crippen molar-refractivity contribution in [3.05, 3.63) is 0 Å². The summed E-state index contributed by atoms with van der Waals surface area (Å²) in [4.78, 5) is 0. The summed E-state index contributed by atoms with van der Waals surface area (Å²) in [5.74, 6) is 0.599. The van der Waals surface area contributed by atoms with Gasteiger partial charge in [0, 0.05) is 12.1 Å². The van der Waals surface area contributed by atoms with E-state index in [0.29, 0.717) is 18.0 Å². The molecule has 2 unspecified atom stereocenters. The van der Waals surface area contributed by atoms with E-state index in [1.54, 1.807) is 0 Å². The Balaban J connectivity index is 2.30. The van der Waals surface area contributed by atoms with Gasteiger partial charge in [0.2, 0.25) is 0 Å². The van der Waals surface area contributed by atoms with Crippen LogP contribution < -0.4 is 5.32 Å². The Hall–Kier alpha value is -0.0800. The maximum atomic E-state index is 9.39. The highest BCUT2D eigenvalue weighted by molar-refractivity contribution is 4.79. The first kappa shape index (κ1) is 13.0. The normalized spacial score (nSPS) is 22.6. The summed E-state index contributed by atoms with van der Waals surface area (Å²) < 4.78 is 0. The van der Waals surface area contributed by atoms with Crippen molar-refractivity contribution in [1.29, 1.82) is 0 Å². The molecule has 0 aromatic carbocycles. The summed E-state index contributed by atoms with van der Waals surface area (Å²) in [7, 11) is 0. The summed E-state index contributed by atoms with van der Waals surface area (Å²) in [5, 5.41) is 13.0. The highest BCUT2D eigenvalue weighted by Gasteiger charge is 2.20. The zero-order chi connectivity index (χ0) is 11.1. The molecule has 0 aromatic rings. The lowest BCUT2D eigenvalue weighted by atomic mass is 9.92. The molecule has 0 heterocycles. The fourth-order valence-electron chi connectivity index (χ4n) is 2.63. The number of nitrogens with one attached hydrogen (secondary N) is 1. The molecular formula is C13H27NO. The average molecular weight is 213 g/mol. The van der Waals surface area contributed by atoms with Crippen molar-refractivity contribution >= 4 is 0 Å². The molecule has 90 valence electrons.